The first kappa shape index (κ1) is 30.8. The predicted octanol–water partition coefficient (Wildman–Crippen LogP) is -2.16. The molecule has 0 radical (unpaired) electrons. The van der Waals surface area contributed by atoms with Crippen LogP contribution < -0.4 is 27.8 Å². The molecule has 0 saturated carbocycles. The van der Waals surface area contributed by atoms with Gasteiger partial charge in [-0.25, -0.2) is 4.79 Å². The summed E-state index contributed by atoms with van der Waals surface area (Å²) in [6.07, 6.45) is 0.387. The van der Waals surface area contributed by atoms with Crippen LogP contribution in [0.4, 0.5) is 0 Å². The number of aliphatic carboxylic acids is 2. The Morgan fingerprint density at radius 3 is 2.31 bits per heavy atom. The molecule has 15 nitrogen and oxygen atoms in total. The van der Waals surface area contributed by atoms with E-state index >= 15 is 0 Å². The fourth-order valence-corrected chi connectivity index (χ4v) is 4.17. The zero-order valence-corrected chi connectivity index (χ0v) is 21.3. The van der Waals surface area contributed by atoms with Crippen LogP contribution in [-0.2, 0) is 30.4 Å². The number of nitrogens with one attached hydrogen (secondary N) is 2. The third kappa shape index (κ3) is 9.77. The fraction of sp³-hybridized carbons (Fsp3) is 0.500. The van der Waals surface area contributed by atoms with Crippen molar-refractivity contribution in [2.45, 2.75) is 62.7 Å². The number of guanidine groups is 1. The van der Waals surface area contributed by atoms with E-state index in [0.717, 1.165) is 0 Å². The number of rotatable bonds is 14. The summed E-state index contributed by atoms with van der Waals surface area (Å²) in [4.78, 5) is 66.8. The normalized spacial score (nSPS) is 16.9. The van der Waals surface area contributed by atoms with Crippen LogP contribution in [0.15, 0.2) is 29.3 Å². The van der Waals surface area contributed by atoms with Crippen molar-refractivity contribution in [2.75, 3.05) is 13.1 Å². The van der Waals surface area contributed by atoms with E-state index < -0.39 is 60.2 Å². The van der Waals surface area contributed by atoms with Gasteiger partial charge in [-0.1, -0.05) is 12.1 Å². The van der Waals surface area contributed by atoms with E-state index in [2.05, 4.69) is 15.6 Å². The van der Waals surface area contributed by atoms with E-state index in [-0.39, 0.29) is 50.5 Å². The number of phenols is 1. The van der Waals surface area contributed by atoms with Gasteiger partial charge < -0.3 is 48.1 Å². The average molecular weight is 550 g/mol. The first-order valence-corrected chi connectivity index (χ1v) is 12.3. The fourth-order valence-electron chi connectivity index (χ4n) is 4.17. The molecule has 0 bridgehead atoms. The van der Waals surface area contributed by atoms with E-state index in [1.165, 1.54) is 29.2 Å². The summed E-state index contributed by atoms with van der Waals surface area (Å²) in [5.41, 5.74) is 16.9. The number of aromatic hydroxyl groups is 1. The van der Waals surface area contributed by atoms with Crippen LogP contribution in [0, 0.1) is 0 Å². The SMILES string of the molecule is NC(N)=NCCCC(NC(=O)C1CCCN1C(=O)C(N)CC(=O)O)C(=O)NC(Cc1ccc(O)cc1)C(=O)O. The number of likely N-dealkylation sites (tertiary alicyclic amines) is 1. The first-order chi connectivity index (χ1) is 18.4. The molecule has 2 rings (SSSR count). The van der Waals surface area contributed by atoms with Gasteiger partial charge in [-0.2, -0.15) is 0 Å². The standard InChI is InChI=1S/C24H35N7O8/c25-15(12-19(33)34)22(37)31-10-2-4-18(31)21(36)29-16(3-1-9-28-24(26)27)20(35)30-17(23(38)39)11-13-5-7-14(32)8-6-13/h5-8,15-18,32H,1-4,9-12,25H2,(H,29,36)(H,30,35)(H,33,34)(H,38,39)(H4,26,27,28). The van der Waals surface area contributed by atoms with Crippen LogP contribution in [0.1, 0.15) is 37.7 Å². The molecule has 1 heterocycles. The maximum atomic E-state index is 13.2. The largest absolute Gasteiger partial charge is 0.508 e. The highest BCUT2D eigenvalue weighted by Gasteiger charge is 2.38. The van der Waals surface area contributed by atoms with Crippen LogP contribution in [-0.4, -0.2) is 93.1 Å². The molecule has 1 aliphatic rings. The number of amides is 3. The number of carbonyl (C=O) groups excluding carboxylic acids is 3. The van der Waals surface area contributed by atoms with Crippen molar-refractivity contribution < 1.29 is 39.3 Å². The number of nitrogens with two attached hydrogens (primary N) is 3. The number of carboxylic acid groups (broad SMARTS) is 2. The molecular weight excluding hydrogens is 514 g/mol. The number of hydrogen-bond acceptors (Lipinski definition) is 8. The van der Waals surface area contributed by atoms with E-state index in [9.17, 15) is 34.2 Å². The molecule has 4 unspecified atom stereocenters. The minimum Gasteiger partial charge on any atom is -0.508 e. The molecule has 39 heavy (non-hydrogen) atoms. The van der Waals surface area contributed by atoms with E-state index in [0.29, 0.717) is 12.0 Å². The topological polar surface area (TPSA) is 264 Å². The van der Waals surface area contributed by atoms with Gasteiger partial charge in [0.2, 0.25) is 17.7 Å². The summed E-state index contributed by atoms with van der Waals surface area (Å²) in [6, 6.07) is 0.999. The Kier molecular flexibility index (Phi) is 11.5. The lowest BCUT2D eigenvalue weighted by Gasteiger charge is -2.28. The second-order valence-electron chi connectivity index (χ2n) is 9.17. The Bertz CT molecular complexity index is 1070. The third-order valence-electron chi connectivity index (χ3n) is 6.12. The summed E-state index contributed by atoms with van der Waals surface area (Å²) < 4.78 is 0. The molecule has 11 N–H and O–H groups in total. The van der Waals surface area contributed by atoms with Gasteiger partial charge in [0.15, 0.2) is 5.96 Å². The Morgan fingerprint density at radius 1 is 1.05 bits per heavy atom. The molecule has 214 valence electrons. The Balaban J connectivity index is 2.15. The number of aliphatic imine (C=N–C) groups is 1. The highest BCUT2D eigenvalue weighted by molar-refractivity contribution is 5.95. The van der Waals surface area contributed by atoms with E-state index in [1.807, 2.05) is 0 Å². The number of nitrogens with zero attached hydrogens (tertiary/aromatic N) is 2. The Labute approximate surface area is 224 Å². The van der Waals surface area contributed by atoms with Gasteiger partial charge in [0.1, 0.15) is 23.9 Å². The zero-order valence-electron chi connectivity index (χ0n) is 21.3. The van der Waals surface area contributed by atoms with Gasteiger partial charge in [-0.05, 0) is 43.4 Å². The second-order valence-corrected chi connectivity index (χ2v) is 9.17. The smallest absolute Gasteiger partial charge is 0.326 e. The van der Waals surface area contributed by atoms with Crippen LogP contribution in [0.25, 0.3) is 0 Å². The summed E-state index contributed by atoms with van der Waals surface area (Å²) in [5, 5.41) is 33.1. The molecular formula is C24H35N7O8. The average Bonchev–Trinajstić information content (AvgIpc) is 3.35. The molecule has 1 aromatic carbocycles. The molecule has 1 aliphatic heterocycles. The van der Waals surface area contributed by atoms with Crippen molar-refractivity contribution in [3.05, 3.63) is 29.8 Å². The van der Waals surface area contributed by atoms with Crippen molar-refractivity contribution in [3.63, 3.8) is 0 Å². The van der Waals surface area contributed by atoms with Gasteiger partial charge in [0, 0.05) is 19.5 Å². The second kappa shape index (κ2) is 14.5. The summed E-state index contributed by atoms with van der Waals surface area (Å²) >= 11 is 0. The molecule has 1 aromatic rings. The van der Waals surface area contributed by atoms with Crippen LogP contribution in [0.3, 0.4) is 0 Å². The van der Waals surface area contributed by atoms with E-state index in [4.69, 9.17) is 22.3 Å². The number of phenolic OH excluding ortho intramolecular Hbond substituents is 1. The van der Waals surface area contributed by atoms with Crippen molar-refractivity contribution in [1.82, 2.24) is 15.5 Å². The minimum atomic E-state index is -1.34. The molecule has 1 fully saturated rings. The number of carbonyl (C=O) groups is 5. The molecule has 0 spiro atoms. The van der Waals surface area contributed by atoms with Crippen molar-refractivity contribution in [2.24, 2.45) is 22.2 Å². The van der Waals surface area contributed by atoms with Crippen molar-refractivity contribution in [1.29, 1.82) is 0 Å². The van der Waals surface area contributed by atoms with Crippen LogP contribution >= 0.6 is 0 Å². The van der Waals surface area contributed by atoms with Crippen molar-refractivity contribution in [3.8, 4) is 5.75 Å². The lowest BCUT2D eigenvalue weighted by molar-refractivity contribution is -0.144. The maximum Gasteiger partial charge on any atom is 0.326 e. The minimum absolute atomic E-state index is 0.00145. The lowest BCUT2D eigenvalue weighted by atomic mass is 10.0. The highest BCUT2D eigenvalue weighted by atomic mass is 16.4. The predicted molar refractivity (Wildman–Crippen MR) is 138 cm³/mol. The lowest BCUT2D eigenvalue weighted by Crippen LogP contribution is -2.57. The number of benzene rings is 1. The van der Waals surface area contributed by atoms with Crippen molar-refractivity contribution >= 4 is 35.6 Å². The van der Waals surface area contributed by atoms with Gasteiger partial charge in [-0.3, -0.25) is 24.2 Å². The molecule has 3 amide bonds. The number of carboxylic acids is 2. The molecule has 0 aromatic heterocycles. The number of hydrogen-bond donors (Lipinski definition) is 8. The summed E-state index contributed by atoms with van der Waals surface area (Å²) in [5.74, 6) is -4.83. The molecule has 1 saturated heterocycles. The Hall–Kier alpha value is -4.40. The maximum absolute atomic E-state index is 13.2. The highest BCUT2D eigenvalue weighted by Crippen LogP contribution is 2.19. The van der Waals surface area contributed by atoms with Gasteiger partial charge in [0.25, 0.3) is 0 Å². The molecule has 15 heteroatoms. The van der Waals surface area contributed by atoms with Gasteiger partial charge >= 0.3 is 11.9 Å². The van der Waals surface area contributed by atoms with E-state index in [1.54, 1.807) is 0 Å². The quantitative estimate of drug-likeness (QED) is 0.0703. The molecule has 0 aliphatic carbocycles. The van der Waals surface area contributed by atoms with Crippen LogP contribution in [0.5, 0.6) is 5.75 Å². The third-order valence-corrected chi connectivity index (χ3v) is 6.12. The summed E-state index contributed by atoms with van der Waals surface area (Å²) in [6.45, 7) is 0.343. The first-order valence-electron chi connectivity index (χ1n) is 12.3. The monoisotopic (exact) mass is 549 g/mol. The van der Waals surface area contributed by atoms with Gasteiger partial charge in [0.05, 0.1) is 12.5 Å². The van der Waals surface area contributed by atoms with Crippen LogP contribution in [0.2, 0.25) is 0 Å². The van der Waals surface area contributed by atoms with Gasteiger partial charge in [-0.15, -0.1) is 0 Å². The zero-order chi connectivity index (χ0) is 29.1. The summed E-state index contributed by atoms with van der Waals surface area (Å²) in [7, 11) is 0. The molecule has 4 atom stereocenters. The Morgan fingerprint density at radius 2 is 1.72 bits per heavy atom.